The number of halogens is 1. The van der Waals surface area contributed by atoms with E-state index in [2.05, 4.69) is 20.3 Å². The van der Waals surface area contributed by atoms with Crippen LogP contribution in [-0.2, 0) is 4.79 Å². The third kappa shape index (κ3) is 5.25. The van der Waals surface area contributed by atoms with Crippen LogP contribution in [0.25, 0.3) is 0 Å². The number of hydrogen-bond acceptors (Lipinski definition) is 6. The van der Waals surface area contributed by atoms with Crippen molar-refractivity contribution in [3.63, 3.8) is 0 Å². The van der Waals surface area contributed by atoms with E-state index < -0.39 is 0 Å². The average Bonchev–Trinajstić information content (AvgIpc) is 2.35. The van der Waals surface area contributed by atoms with Gasteiger partial charge in [-0.05, 0) is 31.9 Å². The second kappa shape index (κ2) is 7.73. The van der Waals surface area contributed by atoms with E-state index in [4.69, 9.17) is 17.3 Å². The Hall–Kier alpha value is -1.63. The van der Waals surface area contributed by atoms with Crippen LogP contribution in [0.15, 0.2) is 0 Å². The highest BCUT2D eigenvalue weighted by atomic mass is 35.5. The summed E-state index contributed by atoms with van der Waals surface area (Å²) in [5, 5.41) is 3.15. The van der Waals surface area contributed by atoms with Gasteiger partial charge in [0, 0.05) is 26.1 Å². The topological polar surface area (TPSA) is 97.0 Å². The van der Waals surface area contributed by atoms with Gasteiger partial charge >= 0.3 is 0 Å². The number of anilines is 2. The highest BCUT2D eigenvalue weighted by Gasteiger charge is 2.09. The summed E-state index contributed by atoms with van der Waals surface area (Å²) in [5.41, 5.74) is 5.06. The second-order valence-electron chi connectivity index (χ2n) is 3.90. The number of nitrogens with zero attached hydrogens (tertiary/aromatic N) is 4. The number of rotatable bonds is 8. The first-order valence-electron chi connectivity index (χ1n) is 6.25. The predicted octanol–water partition coefficient (Wildman–Crippen LogP) is 1.05. The minimum absolute atomic E-state index is 0.148. The molecule has 0 aliphatic heterocycles. The van der Waals surface area contributed by atoms with Gasteiger partial charge in [-0.1, -0.05) is 0 Å². The van der Waals surface area contributed by atoms with Crippen LogP contribution in [0.2, 0.25) is 5.28 Å². The van der Waals surface area contributed by atoms with Gasteiger partial charge in [-0.15, -0.1) is 0 Å². The molecule has 0 spiro atoms. The highest BCUT2D eigenvalue weighted by Crippen LogP contribution is 2.13. The molecule has 3 N–H and O–H groups in total. The average molecular weight is 287 g/mol. The zero-order chi connectivity index (χ0) is 14.3. The summed E-state index contributed by atoms with van der Waals surface area (Å²) in [6.45, 7) is 6.17. The summed E-state index contributed by atoms with van der Waals surface area (Å²) in [5.74, 6) is 0.632. The van der Waals surface area contributed by atoms with Crippen molar-refractivity contribution in [2.45, 2.75) is 26.7 Å². The number of primary amides is 1. The Morgan fingerprint density at radius 1 is 1.32 bits per heavy atom. The Kier molecular flexibility index (Phi) is 6.27. The number of hydrogen-bond donors (Lipinski definition) is 2. The Morgan fingerprint density at radius 2 is 2.00 bits per heavy atom. The minimum Gasteiger partial charge on any atom is -0.370 e. The molecule has 106 valence electrons. The molecule has 0 aromatic carbocycles. The van der Waals surface area contributed by atoms with Crippen molar-refractivity contribution in [1.29, 1.82) is 0 Å². The number of nitrogens with two attached hydrogens (primary N) is 1. The molecule has 19 heavy (non-hydrogen) atoms. The van der Waals surface area contributed by atoms with E-state index in [9.17, 15) is 4.79 Å². The van der Waals surface area contributed by atoms with Gasteiger partial charge in [0.1, 0.15) is 0 Å². The zero-order valence-corrected chi connectivity index (χ0v) is 11.9. The fraction of sp³-hybridized carbons (Fsp3) is 0.636. The maximum absolute atomic E-state index is 10.6. The van der Waals surface area contributed by atoms with E-state index >= 15 is 0 Å². The molecule has 0 saturated heterocycles. The summed E-state index contributed by atoms with van der Waals surface area (Å²) >= 11 is 5.87. The SMILES string of the molecule is CCN(CC)c1nc(Cl)nc(NCCCC(N)=O)n1. The third-order valence-electron chi connectivity index (χ3n) is 2.53. The Labute approximate surface area is 117 Å². The van der Waals surface area contributed by atoms with E-state index in [1.165, 1.54) is 0 Å². The maximum atomic E-state index is 10.6. The lowest BCUT2D eigenvalue weighted by atomic mass is 10.3. The number of carbonyl (C=O) groups excluding carboxylic acids is 1. The molecule has 0 bridgehead atoms. The summed E-state index contributed by atoms with van der Waals surface area (Å²) < 4.78 is 0. The summed E-state index contributed by atoms with van der Waals surface area (Å²) in [6.07, 6.45) is 0.952. The van der Waals surface area contributed by atoms with Crippen molar-refractivity contribution in [2.75, 3.05) is 29.9 Å². The number of amides is 1. The molecule has 0 unspecified atom stereocenters. The van der Waals surface area contributed by atoms with Gasteiger partial charge in [0.05, 0.1) is 0 Å². The molecule has 1 rings (SSSR count). The van der Waals surface area contributed by atoms with Crippen molar-refractivity contribution >= 4 is 29.4 Å². The number of aromatic nitrogens is 3. The van der Waals surface area contributed by atoms with Crippen LogP contribution in [-0.4, -0.2) is 40.5 Å². The maximum Gasteiger partial charge on any atom is 0.231 e. The van der Waals surface area contributed by atoms with Crippen LogP contribution in [0.3, 0.4) is 0 Å². The van der Waals surface area contributed by atoms with Crippen LogP contribution < -0.4 is 16.0 Å². The smallest absolute Gasteiger partial charge is 0.231 e. The summed E-state index contributed by atoms with van der Waals surface area (Å²) in [6, 6.07) is 0. The Bertz CT molecular complexity index is 424. The fourth-order valence-corrected chi connectivity index (χ4v) is 1.69. The lowest BCUT2D eigenvalue weighted by molar-refractivity contribution is -0.118. The van der Waals surface area contributed by atoms with Gasteiger partial charge in [0.2, 0.25) is 23.1 Å². The molecule has 8 heteroatoms. The fourth-order valence-electron chi connectivity index (χ4n) is 1.53. The summed E-state index contributed by atoms with van der Waals surface area (Å²) in [7, 11) is 0. The van der Waals surface area contributed by atoms with Crippen molar-refractivity contribution in [3.05, 3.63) is 5.28 Å². The van der Waals surface area contributed by atoms with Crippen molar-refractivity contribution < 1.29 is 4.79 Å². The zero-order valence-electron chi connectivity index (χ0n) is 11.2. The van der Waals surface area contributed by atoms with Gasteiger partial charge < -0.3 is 16.0 Å². The third-order valence-corrected chi connectivity index (χ3v) is 2.69. The predicted molar refractivity (Wildman–Crippen MR) is 75.3 cm³/mol. The normalized spacial score (nSPS) is 10.3. The molecule has 0 saturated carbocycles. The van der Waals surface area contributed by atoms with Gasteiger partial charge in [-0.3, -0.25) is 4.79 Å². The molecule has 7 nitrogen and oxygen atoms in total. The molecule has 0 atom stereocenters. The molecule has 0 radical (unpaired) electrons. The van der Waals surface area contributed by atoms with E-state index in [0.29, 0.717) is 31.3 Å². The second-order valence-corrected chi connectivity index (χ2v) is 4.24. The molecule has 0 aliphatic carbocycles. The van der Waals surface area contributed by atoms with Gasteiger partial charge in [-0.2, -0.15) is 15.0 Å². The summed E-state index contributed by atoms with van der Waals surface area (Å²) in [4.78, 5) is 24.9. The molecule has 0 aliphatic rings. The lowest BCUT2D eigenvalue weighted by Gasteiger charge is -2.18. The molecule has 1 aromatic heterocycles. The standard InChI is InChI=1S/C11H19ClN6O/c1-3-18(4-2)11-16-9(12)15-10(17-11)14-7-5-6-8(13)19/h3-7H2,1-2H3,(H2,13,19)(H,14,15,16,17). The minimum atomic E-state index is -0.320. The van der Waals surface area contributed by atoms with Crippen LogP contribution in [0.1, 0.15) is 26.7 Å². The molecule has 1 amide bonds. The molecule has 1 aromatic rings. The van der Waals surface area contributed by atoms with E-state index in [0.717, 1.165) is 13.1 Å². The molecular formula is C11H19ClN6O. The number of carbonyl (C=O) groups is 1. The first-order valence-corrected chi connectivity index (χ1v) is 6.63. The van der Waals surface area contributed by atoms with Crippen LogP contribution in [0.4, 0.5) is 11.9 Å². The van der Waals surface area contributed by atoms with E-state index in [-0.39, 0.29) is 11.2 Å². The Balaban J connectivity index is 2.65. The molecule has 1 heterocycles. The van der Waals surface area contributed by atoms with Crippen LogP contribution in [0.5, 0.6) is 0 Å². The van der Waals surface area contributed by atoms with Crippen LogP contribution in [0, 0.1) is 0 Å². The Morgan fingerprint density at radius 3 is 2.58 bits per heavy atom. The van der Waals surface area contributed by atoms with Crippen molar-refractivity contribution in [3.8, 4) is 0 Å². The monoisotopic (exact) mass is 286 g/mol. The van der Waals surface area contributed by atoms with Crippen molar-refractivity contribution in [2.24, 2.45) is 5.73 Å². The largest absolute Gasteiger partial charge is 0.370 e. The first-order chi connectivity index (χ1) is 9.06. The van der Waals surface area contributed by atoms with E-state index in [1.807, 2.05) is 18.7 Å². The number of nitrogens with one attached hydrogen (secondary N) is 1. The van der Waals surface area contributed by atoms with Gasteiger partial charge in [0.15, 0.2) is 0 Å². The highest BCUT2D eigenvalue weighted by molar-refractivity contribution is 6.28. The van der Waals surface area contributed by atoms with Gasteiger partial charge in [-0.25, -0.2) is 0 Å². The lowest BCUT2D eigenvalue weighted by Crippen LogP contribution is -2.25. The van der Waals surface area contributed by atoms with Crippen LogP contribution >= 0.6 is 11.6 Å². The van der Waals surface area contributed by atoms with E-state index in [1.54, 1.807) is 0 Å². The van der Waals surface area contributed by atoms with Crippen molar-refractivity contribution in [1.82, 2.24) is 15.0 Å². The first kappa shape index (κ1) is 15.4. The molecule has 0 fully saturated rings. The molecular weight excluding hydrogens is 268 g/mol. The van der Waals surface area contributed by atoms with Gasteiger partial charge in [0.25, 0.3) is 0 Å². The quantitative estimate of drug-likeness (QED) is 0.693.